The molecule has 74 valence electrons. The molecule has 0 saturated carbocycles. The Morgan fingerprint density at radius 3 is 2.57 bits per heavy atom. The number of aromatic carboxylic acids is 1. The average molecular weight is 261 g/mol. The van der Waals surface area contributed by atoms with Crippen molar-refractivity contribution in [3.8, 4) is 0 Å². The minimum absolute atomic E-state index is 0.0347. The fraction of sp³-hybridized carbons (Fsp3) is 0.111. The first-order valence-electron chi connectivity index (χ1n) is 3.68. The first-order chi connectivity index (χ1) is 6.56. The van der Waals surface area contributed by atoms with Crippen molar-refractivity contribution in [3.05, 3.63) is 35.1 Å². The van der Waals surface area contributed by atoms with Crippen molar-refractivity contribution in [2.45, 2.75) is 0 Å². The van der Waals surface area contributed by atoms with Crippen LogP contribution >= 0.6 is 15.9 Å². The summed E-state index contributed by atoms with van der Waals surface area (Å²) in [6, 6.07) is 3.11. The normalized spacial score (nSPS) is 9.86. The maximum absolute atomic E-state index is 13.0. The lowest BCUT2D eigenvalue weighted by molar-refractivity contribution is 0.0697. The summed E-state index contributed by atoms with van der Waals surface area (Å²) in [5, 5.41) is 8.57. The molecule has 0 aliphatic carbocycles. The summed E-state index contributed by atoms with van der Waals surface area (Å²) in [4.78, 5) is 21.7. The van der Waals surface area contributed by atoms with E-state index in [1.807, 2.05) is 0 Å². The van der Waals surface area contributed by atoms with E-state index in [0.29, 0.717) is 0 Å². The van der Waals surface area contributed by atoms with Crippen molar-refractivity contribution >= 4 is 27.7 Å². The van der Waals surface area contributed by atoms with E-state index in [1.54, 1.807) is 0 Å². The van der Waals surface area contributed by atoms with Gasteiger partial charge in [-0.15, -0.1) is 0 Å². The van der Waals surface area contributed by atoms with Gasteiger partial charge in [0.05, 0.1) is 16.5 Å². The van der Waals surface area contributed by atoms with Crippen LogP contribution in [0, 0.1) is 5.82 Å². The van der Waals surface area contributed by atoms with Gasteiger partial charge in [0.2, 0.25) is 0 Å². The van der Waals surface area contributed by atoms with Gasteiger partial charge in [0.25, 0.3) is 0 Å². The van der Waals surface area contributed by atoms with Crippen molar-refractivity contribution < 1.29 is 19.1 Å². The van der Waals surface area contributed by atoms with Crippen molar-refractivity contribution in [2.24, 2.45) is 0 Å². The van der Waals surface area contributed by atoms with E-state index in [4.69, 9.17) is 5.11 Å². The molecule has 1 rings (SSSR count). The van der Waals surface area contributed by atoms with Crippen LogP contribution in [0.3, 0.4) is 0 Å². The van der Waals surface area contributed by atoms with Gasteiger partial charge in [0.1, 0.15) is 5.82 Å². The number of rotatable bonds is 3. The zero-order valence-electron chi connectivity index (χ0n) is 6.96. The molecular formula is C9H6BrFO3. The van der Waals surface area contributed by atoms with Gasteiger partial charge in [-0.05, 0) is 18.2 Å². The summed E-state index contributed by atoms with van der Waals surface area (Å²) in [5.41, 5.74) is -0.308. The SMILES string of the molecule is O=C(O)c1ccc(F)c(C(=O)CBr)c1. The Balaban J connectivity index is 3.21. The average Bonchev–Trinajstić information content (AvgIpc) is 2.17. The fourth-order valence-electron chi connectivity index (χ4n) is 0.944. The number of carboxylic acids is 1. The highest BCUT2D eigenvalue weighted by molar-refractivity contribution is 9.09. The highest BCUT2D eigenvalue weighted by atomic mass is 79.9. The molecule has 0 unspecified atom stereocenters. The van der Waals surface area contributed by atoms with Crippen LogP contribution < -0.4 is 0 Å². The van der Waals surface area contributed by atoms with E-state index in [0.717, 1.165) is 18.2 Å². The molecule has 0 aromatic heterocycles. The first-order valence-corrected chi connectivity index (χ1v) is 4.80. The van der Waals surface area contributed by atoms with Crippen LogP contribution in [-0.4, -0.2) is 22.2 Å². The molecule has 3 nitrogen and oxygen atoms in total. The second kappa shape index (κ2) is 4.32. The van der Waals surface area contributed by atoms with Gasteiger partial charge >= 0.3 is 5.97 Å². The highest BCUT2D eigenvalue weighted by Gasteiger charge is 2.13. The molecule has 0 spiro atoms. The molecule has 5 heteroatoms. The van der Waals surface area contributed by atoms with E-state index in [9.17, 15) is 14.0 Å². The first kappa shape index (κ1) is 10.8. The van der Waals surface area contributed by atoms with E-state index >= 15 is 0 Å². The van der Waals surface area contributed by atoms with Crippen LogP contribution in [0.1, 0.15) is 20.7 Å². The Hall–Kier alpha value is -1.23. The van der Waals surface area contributed by atoms with Gasteiger partial charge in [-0.2, -0.15) is 0 Å². The minimum Gasteiger partial charge on any atom is -0.478 e. The molecule has 0 heterocycles. The Bertz CT molecular complexity index is 390. The third-order valence-electron chi connectivity index (χ3n) is 1.64. The summed E-state index contributed by atoms with van der Waals surface area (Å²) < 4.78 is 13.0. The van der Waals surface area contributed by atoms with Crippen molar-refractivity contribution in [1.29, 1.82) is 0 Å². The molecular weight excluding hydrogens is 255 g/mol. The summed E-state index contributed by atoms with van der Waals surface area (Å²) in [5.74, 6) is -2.38. The predicted molar refractivity (Wildman–Crippen MR) is 51.5 cm³/mol. The Kier molecular flexibility index (Phi) is 3.35. The van der Waals surface area contributed by atoms with Crippen LogP contribution in [-0.2, 0) is 0 Å². The zero-order valence-corrected chi connectivity index (χ0v) is 8.54. The van der Waals surface area contributed by atoms with Crippen LogP contribution in [0.15, 0.2) is 18.2 Å². The van der Waals surface area contributed by atoms with Crippen molar-refractivity contribution in [1.82, 2.24) is 0 Å². The number of halogens is 2. The second-order valence-corrected chi connectivity index (χ2v) is 3.12. The van der Waals surface area contributed by atoms with Crippen LogP contribution in [0.2, 0.25) is 0 Å². The number of carbonyl (C=O) groups is 2. The molecule has 1 aromatic rings. The number of Topliss-reactive ketones (excluding diaryl/α,β-unsaturated/α-hetero) is 1. The van der Waals surface area contributed by atoms with Gasteiger partial charge in [-0.1, -0.05) is 15.9 Å². The lowest BCUT2D eigenvalue weighted by Gasteiger charge is -2.01. The smallest absolute Gasteiger partial charge is 0.335 e. The van der Waals surface area contributed by atoms with E-state index in [2.05, 4.69) is 15.9 Å². The maximum atomic E-state index is 13.0. The Morgan fingerprint density at radius 2 is 2.07 bits per heavy atom. The molecule has 1 N–H and O–H groups in total. The van der Waals surface area contributed by atoms with Gasteiger partial charge in [-0.3, -0.25) is 4.79 Å². The van der Waals surface area contributed by atoms with Gasteiger partial charge < -0.3 is 5.11 Å². The summed E-state index contributed by atoms with van der Waals surface area (Å²) >= 11 is 2.88. The number of hydrogen-bond acceptors (Lipinski definition) is 2. The van der Waals surface area contributed by atoms with Gasteiger partial charge in [-0.25, -0.2) is 9.18 Å². The Labute approximate surface area is 87.7 Å². The summed E-state index contributed by atoms with van der Waals surface area (Å²) in [6.07, 6.45) is 0. The largest absolute Gasteiger partial charge is 0.478 e. The fourth-order valence-corrected chi connectivity index (χ4v) is 1.25. The number of alkyl halides is 1. The van der Waals surface area contributed by atoms with E-state index in [-0.39, 0.29) is 16.5 Å². The molecule has 0 amide bonds. The van der Waals surface area contributed by atoms with Crippen molar-refractivity contribution in [3.63, 3.8) is 0 Å². The topological polar surface area (TPSA) is 54.4 Å². The third-order valence-corrected chi connectivity index (χ3v) is 2.14. The van der Waals surface area contributed by atoms with Crippen LogP contribution in [0.25, 0.3) is 0 Å². The molecule has 0 saturated heterocycles. The molecule has 0 radical (unpaired) electrons. The molecule has 14 heavy (non-hydrogen) atoms. The highest BCUT2D eigenvalue weighted by Crippen LogP contribution is 2.12. The van der Waals surface area contributed by atoms with Crippen LogP contribution in [0.4, 0.5) is 4.39 Å². The number of carboxylic acid groups (broad SMARTS) is 1. The number of carbonyl (C=O) groups excluding carboxylic acids is 1. The summed E-state index contributed by atoms with van der Waals surface area (Å²) in [7, 11) is 0. The minimum atomic E-state index is -1.19. The van der Waals surface area contributed by atoms with Gasteiger partial charge in [0, 0.05) is 0 Å². The monoisotopic (exact) mass is 260 g/mol. The number of hydrogen-bond donors (Lipinski definition) is 1. The quantitative estimate of drug-likeness (QED) is 0.669. The number of ketones is 1. The second-order valence-electron chi connectivity index (χ2n) is 2.56. The van der Waals surface area contributed by atoms with Gasteiger partial charge in [0.15, 0.2) is 5.78 Å². The number of benzene rings is 1. The Morgan fingerprint density at radius 1 is 1.43 bits per heavy atom. The molecule has 1 aromatic carbocycles. The van der Waals surface area contributed by atoms with Crippen LogP contribution in [0.5, 0.6) is 0 Å². The standard InChI is InChI=1S/C9H6BrFO3/c10-4-8(12)6-3-5(9(13)14)1-2-7(6)11/h1-3H,4H2,(H,13,14). The zero-order chi connectivity index (χ0) is 10.7. The third kappa shape index (κ3) is 2.17. The lowest BCUT2D eigenvalue weighted by atomic mass is 10.1. The van der Waals surface area contributed by atoms with Crippen molar-refractivity contribution in [2.75, 3.05) is 5.33 Å². The van der Waals surface area contributed by atoms with E-state index in [1.165, 1.54) is 0 Å². The molecule has 0 aliphatic rings. The molecule has 0 bridgehead atoms. The lowest BCUT2D eigenvalue weighted by Crippen LogP contribution is -2.06. The van der Waals surface area contributed by atoms with E-state index < -0.39 is 17.6 Å². The maximum Gasteiger partial charge on any atom is 0.335 e. The molecule has 0 aliphatic heterocycles. The molecule has 0 fully saturated rings. The summed E-state index contributed by atoms with van der Waals surface area (Å²) in [6.45, 7) is 0. The predicted octanol–water partition coefficient (Wildman–Crippen LogP) is 2.10. The molecule has 0 atom stereocenters.